The van der Waals surface area contributed by atoms with E-state index in [0.717, 1.165) is 31.5 Å². The van der Waals surface area contributed by atoms with E-state index in [1.165, 1.54) is 12.4 Å². The van der Waals surface area contributed by atoms with Crippen LogP contribution in [-0.4, -0.2) is 44.2 Å². The first-order chi connectivity index (χ1) is 12.6. The predicted octanol–water partition coefficient (Wildman–Crippen LogP) is 2.37. The highest BCUT2D eigenvalue weighted by Gasteiger charge is 2.17. The van der Waals surface area contributed by atoms with Gasteiger partial charge in [-0.05, 0) is 48.7 Å². The summed E-state index contributed by atoms with van der Waals surface area (Å²) >= 11 is 0. The Morgan fingerprint density at radius 3 is 2.77 bits per heavy atom. The van der Waals surface area contributed by atoms with Crippen molar-refractivity contribution in [2.45, 2.75) is 25.5 Å². The first-order valence-electron chi connectivity index (χ1n) is 8.66. The van der Waals surface area contributed by atoms with E-state index < -0.39 is 0 Å². The molecule has 3 N–H and O–H groups in total. The molecule has 3 heterocycles. The number of nitrogens with zero attached hydrogens (tertiary/aromatic N) is 4. The molecule has 0 amide bonds. The SMILES string of the molecule is Nc1ncnc2ccc(-c3cc(F)cc(CN4CCC(O)CC4)c3)nc12. The number of anilines is 1. The van der Waals surface area contributed by atoms with Gasteiger partial charge in [-0.1, -0.05) is 0 Å². The van der Waals surface area contributed by atoms with Crippen LogP contribution in [-0.2, 0) is 6.54 Å². The van der Waals surface area contributed by atoms with Gasteiger partial charge in [0.25, 0.3) is 0 Å². The molecule has 1 fully saturated rings. The molecule has 26 heavy (non-hydrogen) atoms. The lowest BCUT2D eigenvalue weighted by Crippen LogP contribution is -2.35. The molecule has 1 aliphatic heterocycles. The minimum Gasteiger partial charge on any atom is -0.393 e. The maximum atomic E-state index is 14.2. The zero-order chi connectivity index (χ0) is 18.1. The summed E-state index contributed by atoms with van der Waals surface area (Å²) in [4.78, 5) is 14.9. The number of halogens is 1. The molecule has 0 spiro atoms. The average Bonchev–Trinajstić information content (AvgIpc) is 2.63. The number of hydrogen-bond donors (Lipinski definition) is 2. The van der Waals surface area contributed by atoms with Crippen LogP contribution >= 0.6 is 0 Å². The number of nitrogen functional groups attached to an aromatic ring is 1. The number of aromatic nitrogens is 3. The van der Waals surface area contributed by atoms with Gasteiger partial charge in [0.1, 0.15) is 17.7 Å². The van der Waals surface area contributed by atoms with Crippen molar-refractivity contribution in [1.29, 1.82) is 0 Å². The first-order valence-corrected chi connectivity index (χ1v) is 8.66. The van der Waals surface area contributed by atoms with Crippen molar-refractivity contribution in [2.75, 3.05) is 18.8 Å². The molecule has 1 aliphatic rings. The number of fused-ring (bicyclic) bond motifs is 1. The van der Waals surface area contributed by atoms with E-state index in [1.54, 1.807) is 6.07 Å². The highest BCUT2D eigenvalue weighted by molar-refractivity contribution is 5.85. The van der Waals surface area contributed by atoms with Crippen molar-refractivity contribution in [3.8, 4) is 11.3 Å². The molecule has 0 unspecified atom stereocenters. The number of aliphatic hydroxyl groups excluding tert-OH is 1. The molecule has 0 aliphatic carbocycles. The van der Waals surface area contributed by atoms with E-state index >= 15 is 0 Å². The van der Waals surface area contributed by atoms with Gasteiger partial charge in [0.2, 0.25) is 0 Å². The number of aliphatic hydroxyl groups is 1. The van der Waals surface area contributed by atoms with Crippen LogP contribution in [0.15, 0.2) is 36.7 Å². The van der Waals surface area contributed by atoms with Gasteiger partial charge in [0.05, 0.1) is 17.3 Å². The molecule has 134 valence electrons. The van der Waals surface area contributed by atoms with Crippen molar-refractivity contribution < 1.29 is 9.50 Å². The van der Waals surface area contributed by atoms with Gasteiger partial charge in [0, 0.05) is 25.2 Å². The topological polar surface area (TPSA) is 88.2 Å². The number of piperidine rings is 1. The number of rotatable bonds is 3. The molecular formula is C19H20FN5O. The molecule has 7 heteroatoms. The number of hydrogen-bond acceptors (Lipinski definition) is 6. The fraction of sp³-hybridized carbons (Fsp3) is 0.316. The minimum absolute atomic E-state index is 0.219. The third-order valence-corrected chi connectivity index (χ3v) is 4.73. The monoisotopic (exact) mass is 353 g/mol. The second kappa shape index (κ2) is 6.93. The molecule has 2 aromatic heterocycles. The Balaban J connectivity index is 1.64. The Kier molecular flexibility index (Phi) is 4.48. The molecule has 0 radical (unpaired) electrons. The standard InChI is InChI=1S/C19H20FN5O/c20-14-8-12(10-25-5-3-15(26)4-6-25)7-13(9-14)16-1-2-17-18(24-16)19(21)23-11-22-17/h1-2,7-9,11,15,26H,3-6,10H2,(H2,21,22,23). The van der Waals surface area contributed by atoms with Gasteiger partial charge in [0.15, 0.2) is 5.82 Å². The van der Waals surface area contributed by atoms with E-state index in [1.807, 2.05) is 18.2 Å². The molecule has 0 atom stereocenters. The van der Waals surface area contributed by atoms with Crippen molar-refractivity contribution in [3.05, 3.63) is 48.0 Å². The summed E-state index contributed by atoms with van der Waals surface area (Å²) in [6.45, 7) is 2.28. The summed E-state index contributed by atoms with van der Waals surface area (Å²) < 4.78 is 14.2. The molecule has 3 aromatic rings. The summed E-state index contributed by atoms with van der Waals surface area (Å²) in [6, 6.07) is 8.59. The van der Waals surface area contributed by atoms with Gasteiger partial charge in [-0.2, -0.15) is 0 Å². The van der Waals surface area contributed by atoms with Crippen molar-refractivity contribution in [3.63, 3.8) is 0 Å². The fourth-order valence-electron chi connectivity index (χ4n) is 3.34. The molecule has 0 bridgehead atoms. The fourth-order valence-corrected chi connectivity index (χ4v) is 3.34. The minimum atomic E-state index is -0.297. The molecular weight excluding hydrogens is 333 g/mol. The van der Waals surface area contributed by atoms with Crippen LogP contribution in [0.3, 0.4) is 0 Å². The Morgan fingerprint density at radius 2 is 1.96 bits per heavy atom. The highest BCUT2D eigenvalue weighted by Crippen LogP contribution is 2.25. The lowest BCUT2D eigenvalue weighted by atomic mass is 10.0. The van der Waals surface area contributed by atoms with Crippen LogP contribution < -0.4 is 5.73 Å². The van der Waals surface area contributed by atoms with Crippen molar-refractivity contribution in [2.24, 2.45) is 0 Å². The molecule has 1 saturated heterocycles. The zero-order valence-corrected chi connectivity index (χ0v) is 14.3. The normalized spacial score (nSPS) is 16.2. The van der Waals surface area contributed by atoms with Gasteiger partial charge in [-0.3, -0.25) is 4.90 Å². The molecule has 1 aromatic carbocycles. The second-order valence-corrected chi connectivity index (χ2v) is 6.68. The van der Waals surface area contributed by atoms with E-state index in [0.29, 0.717) is 34.7 Å². The zero-order valence-electron chi connectivity index (χ0n) is 14.3. The van der Waals surface area contributed by atoms with Crippen LogP contribution in [0.4, 0.5) is 10.2 Å². The number of nitrogens with two attached hydrogens (primary N) is 1. The number of pyridine rings is 1. The lowest BCUT2D eigenvalue weighted by Gasteiger charge is -2.29. The molecule has 6 nitrogen and oxygen atoms in total. The molecule has 0 saturated carbocycles. The van der Waals surface area contributed by atoms with Crippen molar-refractivity contribution >= 4 is 16.9 Å². The number of likely N-dealkylation sites (tertiary alicyclic amines) is 1. The Hall–Kier alpha value is -2.64. The predicted molar refractivity (Wildman–Crippen MR) is 97.7 cm³/mol. The lowest BCUT2D eigenvalue weighted by molar-refractivity contribution is 0.0792. The van der Waals surface area contributed by atoms with E-state index in [9.17, 15) is 9.50 Å². The highest BCUT2D eigenvalue weighted by atomic mass is 19.1. The largest absolute Gasteiger partial charge is 0.393 e. The summed E-state index contributed by atoms with van der Waals surface area (Å²) in [5.74, 6) is 0.00840. The quantitative estimate of drug-likeness (QED) is 0.752. The van der Waals surface area contributed by atoms with E-state index in [2.05, 4.69) is 19.9 Å². The van der Waals surface area contributed by atoms with Crippen LogP contribution in [0.25, 0.3) is 22.3 Å². The Morgan fingerprint density at radius 1 is 1.15 bits per heavy atom. The maximum absolute atomic E-state index is 14.2. The van der Waals surface area contributed by atoms with Crippen LogP contribution in [0.1, 0.15) is 18.4 Å². The first kappa shape index (κ1) is 16.8. The van der Waals surface area contributed by atoms with Crippen LogP contribution in [0, 0.1) is 5.82 Å². The smallest absolute Gasteiger partial charge is 0.153 e. The Bertz CT molecular complexity index is 940. The van der Waals surface area contributed by atoms with Gasteiger partial charge in [-0.25, -0.2) is 19.3 Å². The second-order valence-electron chi connectivity index (χ2n) is 6.68. The third-order valence-electron chi connectivity index (χ3n) is 4.73. The number of benzene rings is 1. The van der Waals surface area contributed by atoms with E-state index in [4.69, 9.17) is 5.73 Å². The van der Waals surface area contributed by atoms with Gasteiger partial charge >= 0.3 is 0 Å². The average molecular weight is 353 g/mol. The van der Waals surface area contributed by atoms with Gasteiger partial charge in [-0.15, -0.1) is 0 Å². The van der Waals surface area contributed by atoms with Gasteiger partial charge < -0.3 is 10.8 Å². The third kappa shape index (κ3) is 3.49. The summed E-state index contributed by atoms with van der Waals surface area (Å²) in [6.07, 6.45) is 2.69. The summed E-state index contributed by atoms with van der Waals surface area (Å²) in [7, 11) is 0. The van der Waals surface area contributed by atoms with Crippen LogP contribution in [0.2, 0.25) is 0 Å². The van der Waals surface area contributed by atoms with E-state index in [-0.39, 0.29) is 11.9 Å². The summed E-state index contributed by atoms with van der Waals surface area (Å²) in [5.41, 5.74) is 9.27. The summed E-state index contributed by atoms with van der Waals surface area (Å²) in [5, 5.41) is 9.62. The van der Waals surface area contributed by atoms with Crippen molar-refractivity contribution in [1.82, 2.24) is 19.9 Å². The molecule has 4 rings (SSSR count). The maximum Gasteiger partial charge on any atom is 0.153 e. The Labute approximate surface area is 150 Å². The van der Waals surface area contributed by atoms with Crippen LogP contribution in [0.5, 0.6) is 0 Å².